The molecule has 4 rings (SSSR count). The highest BCUT2D eigenvalue weighted by molar-refractivity contribution is 6.00. The van der Waals surface area contributed by atoms with Crippen molar-refractivity contribution < 1.29 is 14.7 Å². The number of carbonyl (C=O) groups is 2. The summed E-state index contributed by atoms with van der Waals surface area (Å²) in [7, 11) is 0. The van der Waals surface area contributed by atoms with Gasteiger partial charge in [-0.1, -0.05) is 12.1 Å². The minimum atomic E-state index is -0.729. The number of aliphatic carboxylic acids is 1. The van der Waals surface area contributed by atoms with Gasteiger partial charge in [0.25, 0.3) is 5.91 Å². The first-order chi connectivity index (χ1) is 13.1. The number of benzene rings is 1. The smallest absolute Gasteiger partial charge is 0.304 e. The summed E-state index contributed by atoms with van der Waals surface area (Å²) in [5, 5.41) is 15.7. The van der Waals surface area contributed by atoms with E-state index in [-0.39, 0.29) is 24.4 Å². The number of aryl methyl sites for hydroxylation is 1. The molecular formula is C21H29N3O3. The van der Waals surface area contributed by atoms with Crippen LogP contribution in [0.3, 0.4) is 0 Å². The summed E-state index contributed by atoms with van der Waals surface area (Å²) < 4.78 is 0. The van der Waals surface area contributed by atoms with E-state index in [1.54, 1.807) is 0 Å². The van der Waals surface area contributed by atoms with Gasteiger partial charge in [-0.15, -0.1) is 0 Å². The highest BCUT2D eigenvalue weighted by atomic mass is 16.4. The van der Waals surface area contributed by atoms with Gasteiger partial charge in [-0.2, -0.15) is 0 Å². The highest BCUT2D eigenvalue weighted by Crippen LogP contribution is 2.35. The SMILES string of the molecule is O=C(O)C[C@H]1CC[C@@H](CNC(=O)c2cccc3c2NCCC3)N1CC1CC1. The monoisotopic (exact) mass is 371 g/mol. The lowest BCUT2D eigenvalue weighted by molar-refractivity contribution is -0.138. The minimum Gasteiger partial charge on any atom is -0.481 e. The van der Waals surface area contributed by atoms with E-state index < -0.39 is 5.97 Å². The van der Waals surface area contributed by atoms with Crippen molar-refractivity contribution in [3.8, 4) is 0 Å². The van der Waals surface area contributed by atoms with Crippen molar-refractivity contribution in [2.24, 2.45) is 5.92 Å². The third kappa shape index (κ3) is 4.26. The normalized spacial score (nSPS) is 24.9. The van der Waals surface area contributed by atoms with Crippen molar-refractivity contribution in [2.45, 2.75) is 57.0 Å². The molecule has 2 fully saturated rings. The van der Waals surface area contributed by atoms with Gasteiger partial charge in [-0.3, -0.25) is 14.5 Å². The molecule has 27 heavy (non-hydrogen) atoms. The van der Waals surface area contributed by atoms with E-state index in [0.29, 0.717) is 12.5 Å². The Balaban J connectivity index is 1.40. The number of carboxylic acid groups (broad SMARTS) is 1. The van der Waals surface area contributed by atoms with Crippen molar-refractivity contribution in [3.05, 3.63) is 29.3 Å². The molecule has 6 heteroatoms. The van der Waals surface area contributed by atoms with Gasteiger partial charge in [0.15, 0.2) is 0 Å². The Bertz CT molecular complexity index is 717. The second-order valence-corrected chi connectivity index (χ2v) is 8.20. The fraction of sp³-hybridized carbons (Fsp3) is 0.619. The summed E-state index contributed by atoms with van der Waals surface area (Å²) in [5.41, 5.74) is 2.92. The summed E-state index contributed by atoms with van der Waals surface area (Å²) in [6, 6.07) is 6.28. The molecule has 0 bridgehead atoms. The van der Waals surface area contributed by atoms with E-state index in [9.17, 15) is 14.7 Å². The molecule has 1 saturated carbocycles. The maximum absolute atomic E-state index is 12.8. The van der Waals surface area contributed by atoms with Gasteiger partial charge in [0.05, 0.1) is 17.7 Å². The Hall–Kier alpha value is -2.08. The van der Waals surface area contributed by atoms with Gasteiger partial charge >= 0.3 is 5.97 Å². The van der Waals surface area contributed by atoms with Gasteiger partial charge in [-0.05, 0) is 56.1 Å². The Morgan fingerprint density at radius 3 is 2.78 bits per heavy atom. The van der Waals surface area contributed by atoms with Crippen LogP contribution in [0, 0.1) is 5.92 Å². The zero-order valence-corrected chi connectivity index (χ0v) is 15.7. The number of likely N-dealkylation sites (tertiary alicyclic amines) is 1. The molecular weight excluding hydrogens is 342 g/mol. The van der Waals surface area contributed by atoms with Crippen molar-refractivity contribution in [3.63, 3.8) is 0 Å². The number of hydrogen-bond donors (Lipinski definition) is 3. The van der Waals surface area contributed by atoms with E-state index >= 15 is 0 Å². The van der Waals surface area contributed by atoms with Gasteiger partial charge in [0, 0.05) is 31.7 Å². The van der Waals surface area contributed by atoms with Crippen molar-refractivity contribution >= 4 is 17.6 Å². The molecule has 1 aromatic rings. The zero-order valence-electron chi connectivity index (χ0n) is 15.7. The lowest BCUT2D eigenvalue weighted by atomic mass is 9.99. The second-order valence-electron chi connectivity index (χ2n) is 8.20. The summed E-state index contributed by atoms with van der Waals surface area (Å²) in [5.74, 6) is -0.0512. The molecule has 0 spiro atoms. The Kier molecular flexibility index (Phi) is 5.34. The molecule has 0 unspecified atom stereocenters. The predicted octanol–water partition coefficient (Wildman–Crippen LogP) is 2.49. The number of amides is 1. The fourth-order valence-corrected chi connectivity index (χ4v) is 4.56. The lowest BCUT2D eigenvalue weighted by Gasteiger charge is -2.30. The summed E-state index contributed by atoms with van der Waals surface area (Å²) in [6.07, 6.45) is 6.67. The van der Waals surface area contributed by atoms with Crippen molar-refractivity contribution in [2.75, 3.05) is 25.0 Å². The van der Waals surface area contributed by atoms with Crippen LogP contribution in [0.4, 0.5) is 5.69 Å². The number of carbonyl (C=O) groups excluding carboxylic acids is 1. The summed E-state index contributed by atoms with van der Waals surface area (Å²) in [6.45, 7) is 2.47. The van der Waals surface area contributed by atoms with Crippen LogP contribution in [-0.4, -0.2) is 53.6 Å². The number of fused-ring (bicyclic) bond motifs is 1. The lowest BCUT2D eigenvalue weighted by Crippen LogP contribution is -2.44. The van der Waals surface area contributed by atoms with Crippen LogP contribution in [0.2, 0.25) is 0 Å². The van der Waals surface area contributed by atoms with Crippen LogP contribution in [0.5, 0.6) is 0 Å². The van der Waals surface area contributed by atoms with E-state index in [1.807, 2.05) is 12.1 Å². The maximum Gasteiger partial charge on any atom is 0.304 e. The molecule has 1 amide bonds. The number of carboxylic acids is 1. The van der Waals surface area contributed by atoms with Gasteiger partial charge in [0.2, 0.25) is 0 Å². The van der Waals surface area contributed by atoms with Crippen LogP contribution in [-0.2, 0) is 11.2 Å². The first-order valence-electron chi connectivity index (χ1n) is 10.2. The van der Waals surface area contributed by atoms with E-state index in [2.05, 4.69) is 21.6 Å². The molecule has 2 atom stereocenters. The molecule has 2 aliphatic heterocycles. The first-order valence-corrected chi connectivity index (χ1v) is 10.2. The highest BCUT2D eigenvalue weighted by Gasteiger charge is 2.38. The second kappa shape index (κ2) is 7.89. The number of rotatable bonds is 7. The summed E-state index contributed by atoms with van der Waals surface area (Å²) in [4.78, 5) is 26.4. The van der Waals surface area contributed by atoms with Crippen LogP contribution < -0.4 is 10.6 Å². The topological polar surface area (TPSA) is 81.7 Å². The number of nitrogens with zero attached hydrogens (tertiary/aromatic N) is 1. The molecule has 0 radical (unpaired) electrons. The zero-order chi connectivity index (χ0) is 18.8. The van der Waals surface area contributed by atoms with Crippen LogP contribution in [0.25, 0.3) is 0 Å². The Labute approximate surface area is 160 Å². The third-order valence-corrected chi connectivity index (χ3v) is 6.17. The maximum atomic E-state index is 12.8. The molecule has 2 heterocycles. The van der Waals surface area contributed by atoms with E-state index in [0.717, 1.165) is 50.0 Å². The molecule has 1 aliphatic carbocycles. The standard InChI is InChI=1S/C21H29N3O3/c25-19(26)11-16-8-9-17(24(16)13-14-6-7-14)12-23-21(27)18-5-1-3-15-4-2-10-22-20(15)18/h1,3,5,14,16-17,22H,2,4,6-13H2,(H,23,27)(H,25,26)/t16-,17+/m1/s1. The molecule has 1 aromatic carbocycles. The van der Waals surface area contributed by atoms with Crippen LogP contribution in [0.15, 0.2) is 18.2 Å². The summed E-state index contributed by atoms with van der Waals surface area (Å²) >= 11 is 0. The average molecular weight is 371 g/mol. The van der Waals surface area contributed by atoms with Gasteiger partial charge in [-0.25, -0.2) is 0 Å². The van der Waals surface area contributed by atoms with E-state index in [1.165, 1.54) is 18.4 Å². The largest absolute Gasteiger partial charge is 0.481 e. The Morgan fingerprint density at radius 1 is 1.19 bits per heavy atom. The van der Waals surface area contributed by atoms with Crippen LogP contribution >= 0.6 is 0 Å². The Morgan fingerprint density at radius 2 is 2.00 bits per heavy atom. The van der Waals surface area contributed by atoms with Crippen LogP contribution in [0.1, 0.15) is 54.4 Å². The number of anilines is 1. The fourth-order valence-electron chi connectivity index (χ4n) is 4.56. The third-order valence-electron chi connectivity index (χ3n) is 6.17. The number of hydrogen-bond acceptors (Lipinski definition) is 4. The molecule has 0 aromatic heterocycles. The average Bonchev–Trinajstić information content (AvgIpc) is 3.41. The molecule has 3 aliphatic rings. The molecule has 1 saturated heterocycles. The quantitative estimate of drug-likeness (QED) is 0.686. The van der Waals surface area contributed by atoms with E-state index in [4.69, 9.17) is 0 Å². The molecule has 146 valence electrons. The first kappa shape index (κ1) is 18.3. The number of para-hydroxylation sites is 1. The van der Waals surface area contributed by atoms with Crippen molar-refractivity contribution in [1.29, 1.82) is 0 Å². The molecule has 6 nitrogen and oxygen atoms in total. The predicted molar refractivity (Wildman–Crippen MR) is 104 cm³/mol. The van der Waals surface area contributed by atoms with Gasteiger partial charge in [0.1, 0.15) is 0 Å². The van der Waals surface area contributed by atoms with Gasteiger partial charge < -0.3 is 15.7 Å². The minimum absolute atomic E-state index is 0.0330. The number of nitrogens with one attached hydrogen (secondary N) is 2. The molecule has 3 N–H and O–H groups in total. The van der Waals surface area contributed by atoms with Crippen molar-refractivity contribution in [1.82, 2.24) is 10.2 Å².